The molecule has 7 heteroatoms. The van der Waals surface area contributed by atoms with Crippen LogP contribution < -0.4 is 11.1 Å². The Kier molecular flexibility index (Phi) is 7.98. The van der Waals surface area contributed by atoms with Crippen LogP contribution in [0, 0.1) is 0 Å². The van der Waals surface area contributed by atoms with Gasteiger partial charge in [0, 0.05) is 44.7 Å². The first kappa shape index (κ1) is 34.7. The third kappa shape index (κ3) is 5.85. The van der Waals surface area contributed by atoms with Crippen molar-refractivity contribution < 1.29 is 8.83 Å². The summed E-state index contributed by atoms with van der Waals surface area (Å²) in [4.78, 5) is 15.4. The maximum Gasteiger partial charge on any atom is 0.169 e. The second kappa shape index (κ2) is 13.6. The molecule has 7 aromatic carbocycles. The first-order valence-corrected chi connectivity index (χ1v) is 20.0. The van der Waals surface area contributed by atoms with Crippen molar-refractivity contribution in [3.63, 3.8) is 0 Å². The maximum atomic E-state index is 6.90. The SMILES string of the molecule is CC1(C)c2ccccc2-c2ccc(C(N)=Nc3c(Cc4ccc5oc6cccc(C7=NC(c8ccccc8)N=C(c8ccccc8)N7)c6c5c4)oc4ccccc34)cc21. The van der Waals surface area contributed by atoms with Crippen molar-refractivity contribution in [3.8, 4) is 11.1 Å². The molecule has 11 rings (SSSR count). The van der Waals surface area contributed by atoms with Crippen molar-refractivity contribution in [2.75, 3.05) is 0 Å². The molecule has 284 valence electrons. The normalized spacial score (nSPS) is 15.8. The quantitative estimate of drug-likeness (QED) is 0.125. The molecule has 2 aliphatic rings. The van der Waals surface area contributed by atoms with Gasteiger partial charge in [0.25, 0.3) is 0 Å². The molecule has 59 heavy (non-hydrogen) atoms. The van der Waals surface area contributed by atoms with Crippen molar-refractivity contribution in [3.05, 3.63) is 208 Å². The van der Waals surface area contributed by atoms with Crippen molar-refractivity contribution >= 4 is 56.1 Å². The van der Waals surface area contributed by atoms with Crippen LogP contribution in [0.3, 0.4) is 0 Å². The van der Waals surface area contributed by atoms with Gasteiger partial charge in [0.2, 0.25) is 0 Å². The number of fused-ring (bicyclic) bond motifs is 7. The number of benzene rings is 7. The minimum Gasteiger partial charge on any atom is -0.458 e. The Labute approximate surface area is 341 Å². The molecule has 1 aliphatic carbocycles. The Morgan fingerprint density at radius 2 is 1.32 bits per heavy atom. The Bertz CT molecular complexity index is 3210. The molecule has 9 aromatic rings. The molecule has 0 bridgehead atoms. The summed E-state index contributed by atoms with van der Waals surface area (Å²) in [6, 6.07) is 55.9. The molecule has 0 saturated carbocycles. The topological polar surface area (TPSA) is 101 Å². The monoisotopic (exact) mass is 765 g/mol. The zero-order chi connectivity index (χ0) is 39.7. The number of nitrogens with one attached hydrogen (secondary N) is 1. The number of nitrogens with zero attached hydrogens (tertiary/aromatic N) is 3. The summed E-state index contributed by atoms with van der Waals surface area (Å²) in [5.41, 5.74) is 19.8. The van der Waals surface area contributed by atoms with Gasteiger partial charge in [-0.3, -0.25) is 0 Å². The van der Waals surface area contributed by atoms with E-state index < -0.39 is 6.17 Å². The van der Waals surface area contributed by atoms with E-state index in [1.54, 1.807) is 0 Å². The lowest BCUT2D eigenvalue weighted by molar-refractivity contribution is 0.564. The van der Waals surface area contributed by atoms with Crippen LogP contribution in [0.1, 0.15) is 64.7 Å². The molecule has 1 unspecified atom stereocenters. The molecule has 1 atom stereocenters. The summed E-state index contributed by atoms with van der Waals surface area (Å²) >= 11 is 0. The van der Waals surface area contributed by atoms with Crippen molar-refractivity contribution in [1.82, 2.24) is 5.32 Å². The van der Waals surface area contributed by atoms with Crippen molar-refractivity contribution in [2.24, 2.45) is 20.7 Å². The number of amidine groups is 3. The van der Waals surface area contributed by atoms with Gasteiger partial charge in [-0.15, -0.1) is 0 Å². The Hall–Kier alpha value is -7.51. The van der Waals surface area contributed by atoms with E-state index >= 15 is 0 Å². The van der Waals surface area contributed by atoms with Crippen LogP contribution in [0.25, 0.3) is 44.0 Å². The largest absolute Gasteiger partial charge is 0.458 e. The summed E-state index contributed by atoms with van der Waals surface area (Å²) in [5, 5.41) is 6.46. The smallest absolute Gasteiger partial charge is 0.169 e. The average Bonchev–Trinajstić information content (AvgIpc) is 3.90. The first-order valence-electron chi connectivity index (χ1n) is 20.0. The highest BCUT2D eigenvalue weighted by Crippen LogP contribution is 2.49. The lowest BCUT2D eigenvalue weighted by atomic mass is 9.82. The molecule has 0 saturated heterocycles. The van der Waals surface area contributed by atoms with Gasteiger partial charge in [0.05, 0.1) is 0 Å². The molecule has 3 heterocycles. The van der Waals surface area contributed by atoms with Crippen LogP contribution in [-0.2, 0) is 11.8 Å². The Morgan fingerprint density at radius 1 is 0.627 bits per heavy atom. The van der Waals surface area contributed by atoms with E-state index in [1.807, 2.05) is 78.9 Å². The molecule has 2 aromatic heterocycles. The van der Waals surface area contributed by atoms with E-state index in [9.17, 15) is 0 Å². The summed E-state index contributed by atoms with van der Waals surface area (Å²) in [6.45, 7) is 4.55. The van der Waals surface area contributed by atoms with E-state index in [-0.39, 0.29) is 5.41 Å². The van der Waals surface area contributed by atoms with Crippen molar-refractivity contribution in [2.45, 2.75) is 31.8 Å². The molecule has 1 aliphatic heterocycles. The summed E-state index contributed by atoms with van der Waals surface area (Å²) in [5.74, 6) is 2.68. The minimum atomic E-state index is -0.411. The standard InChI is InChI=1S/C52H39N5O2/c1-52(2)40-21-11-9-18-35(40)36-26-25-34(30-41(36)52)48(53)54-47-37-19-10-12-22-42(37)59-45(47)29-31-24-27-43-39(28-31)46-38(20-13-23-44(46)58-43)51-56-49(32-14-5-3-6-15-32)55-50(57-51)33-16-7-4-8-17-33/h3-28,30,49H,29H2,1-2H3,(H2,53,54)(H,55,56,57). The van der Waals surface area contributed by atoms with Crippen LogP contribution in [0.5, 0.6) is 0 Å². The maximum absolute atomic E-state index is 6.90. The van der Waals surface area contributed by atoms with Gasteiger partial charge in [-0.25, -0.2) is 15.0 Å². The van der Waals surface area contributed by atoms with E-state index in [4.69, 9.17) is 29.5 Å². The number of furan rings is 2. The first-order chi connectivity index (χ1) is 28.9. The number of hydrogen-bond donors (Lipinski definition) is 2. The van der Waals surface area contributed by atoms with E-state index in [0.717, 1.165) is 83.8 Å². The van der Waals surface area contributed by atoms with E-state index in [0.29, 0.717) is 12.3 Å². The fraction of sp³-hybridized carbons (Fsp3) is 0.0962. The average molecular weight is 766 g/mol. The molecule has 0 amide bonds. The molecule has 7 nitrogen and oxygen atoms in total. The molecule has 0 radical (unpaired) electrons. The van der Waals surface area contributed by atoms with Crippen LogP contribution >= 0.6 is 0 Å². The van der Waals surface area contributed by atoms with Gasteiger partial charge in [0.1, 0.15) is 45.7 Å². The molecular formula is C52H39N5O2. The predicted molar refractivity (Wildman–Crippen MR) is 239 cm³/mol. The lowest BCUT2D eigenvalue weighted by Crippen LogP contribution is -2.36. The zero-order valence-corrected chi connectivity index (χ0v) is 32.6. The highest BCUT2D eigenvalue weighted by atomic mass is 16.3. The fourth-order valence-electron chi connectivity index (χ4n) is 8.84. The van der Waals surface area contributed by atoms with Crippen molar-refractivity contribution in [1.29, 1.82) is 0 Å². The van der Waals surface area contributed by atoms with Crippen LogP contribution in [0.4, 0.5) is 5.69 Å². The third-order valence-electron chi connectivity index (χ3n) is 11.8. The van der Waals surface area contributed by atoms with Crippen LogP contribution in [-0.4, -0.2) is 17.5 Å². The lowest BCUT2D eigenvalue weighted by Gasteiger charge is -2.22. The predicted octanol–water partition coefficient (Wildman–Crippen LogP) is 11.8. The Balaban J connectivity index is 0.983. The second-order valence-corrected chi connectivity index (χ2v) is 15.8. The highest BCUT2D eigenvalue weighted by Gasteiger charge is 2.35. The van der Waals surface area contributed by atoms with Crippen LogP contribution in [0.15, 0.2) is 188 Å². The van der Waals surface area contributed by atoms with Gasteiger partial charge in [0.15, 0.2) is 6.17 Å². The third-order valence-corrected chi connectivity index (χ3v) is 11.8. The molecule has 3 N–H and O–H groups in total. The summed E-state index contributed by atoms with van der Waals surface area (Å²) in [6.07, 6.45) is 0.0868. The number of aliphatic imine (C=N–C) groups is 3. The summed E-state index contributed by atoms with van der Waals surface area (Å²) < 4.78 is 13.0. The zero-order valence-electron chi connectivity index (χ0n) is 32.6. The van der Waals surface area contributed by atoms with Gasteiger partial charge < -0.3 is 19.9 Å². The molecule has 0 spiro atoms. The highest BCUT2D eigenvalue weighted by molar-refractivity contribution is 6.23. The number of nitrogens with two attached hydrogens (primary N) is 1. The number of para-hydroxylation sites is 1. The minimum absolute atomic E-state index is 0.146. The Morgan fingerprint density at radius 3 is 2.19 bits per heavy atom. The number of rotatable bonds is 7. The molecule has 0 fully saturated rings. The number of hydrogen-bond acceptors (Lipinski definition) is 6. The van der Waals surface area contributed by atoms with E-state index in [2.05, 4.69) is 104 Å². The second-order valence-electron chi connectivity index (χ2n) is 15.8. The van der Waals surface area contributed by atoms with Crippen LogP contribution in [0.2, 0.25) is 0 Å². The van der Waals surface area contributed by atoms with E-state index in [1.165, 1.54) is 22.3 Å². The fourth-order valence-corrected chi connectivity index (χ4v) is 8.84. The van der Waals surface area contributed by atoms with Gasteiger partial charge >= 0.3 is 0 Å². The molecular weight excluding hydrogens is 727 g/mol. The van der Waals surface area contributed by atoms with Gasteiger partial charge in [-0.1, -0.05) is 141 Å². The van der Waals surface area contributed by atoms with Gasteiger partial charge in [-0.05, 0) is 69.8 Å². The summed E-state index contributed by atoms with van der Waals surface area (Å²) in [7, 11) is 0. The van der Waals surface area contributed by atoms with Gasteiger partial charge in [-0.2, -0.15) is 0 Å².